The average molecular weight is 403 g/mol. The van der Waals surface area contributed by atoms with Crippen molar-refractivity contribution in [2.24, 2.45) is 23.7 Å². The lowest BCUT2D eigenvalue weighted by Crippen LogP contribution is -2.52. The molecule has 1 N–H and O–H groups in total. The molecule has 0 aromatic heterocycles. The molecule has 6 rings (SSSR count). The largest absolute Gasteiger partial charge is 0.453 e. The number of hydrogen-bond donors (Lipinski definition) is 1. The van der Waals surface area contributed by atoms with Crippen molar-refractivity contribution in [2.45, 2.75) is 43.6 Å². The predicted molar refractivity (Wildman–Crippen MR) is 110 cm³/mol. The zero-order chi connectivity index (χ0) is 20.2. The van der Waals surface area contributed by atoms with E-state index in [2.05, 4.69) is 5.32 Å². The van der Waals surface area contributed by atoms with Crippen LogP contribution in [0.1, 0.15) is 40.0 Å². The zero-order valence-corrected chi connectivity index (χ0v) is 16.6. The lowest BCUT2D eigenvalue weighted by atomic mass is 9.69. The van der Waals surface area contributed by atoms with Crippen molar-refractivity contribution in [1.29, 1.82) is 0 Å². The molecule has 8 unspecified atom stereocenters. The maximum Gasteiger partial charge on any atom is 0.338 e. The first-order valence-corrected chi connectivity index (χ1v) is 11.0. The van der Waals surface area contributed by atoms with E-state index in [0.29, 0.717) is 34.8 Å². The highest BCUT2D eigenvalue weighted by Crippen LogP contribution is 2.61. The molecule has 30 heavy (non-hydrogen) atoms. The minimum absolute atomic E-state index is 0.0662. The van der Waals surface area contributed by atoms with Gasteiger partial charge in [0.2, 0.25) is 0 Å². The van der Waals surface area contributed by atoms with E-state index in [9.17, 15) is 9.59 Å². The van der Waals surface area contributed by atoms with E-state index in [1.54, 1.807) is 24.3 Å². The monoisotopic (exact) mass is 403 g/mol. The number of carbonyl (C=O) groups excluding carboxylic acids is 2. The fourth-order valence-corrected chi connectivity index (χ4v) is 6.74. The van der Waals surface area contributed by atoms with Crippen LogP contribution in [-0.2, 0) is 9.47 Å². The lowest BCUT2D eigenvalue weighted by Gasteiger charge is -2.40. The topological polar surface area (TPSA) is 64.6 Å². The van der Waals surface area contributed by atoms with Gasteiger partial charge in [0, 0.05) is 0 Å². The Kier molecular flexibility index (Phi) is 4.20. The molecule has 2 heterocycles. The highest BCUT2D eigenvalue weighted by Gasteiger charge is 2.68. The smallest absolute Gasteiger partial charge is 0.338 e. The van der Waals surface area contributed by atoms with Crippen molar-refractivity contribution in [2.75, 3.05) is 0 Å². The van der Waals surface area contributed by atoms with Crippen molar-refractivity contribution < 1.29 is 19.1 Å². The summed E-state index contributed by atoms with van der Waals surface area (Å²) in [5.41, 5.74) is 1.05. The molecule has 2 saturated heterocycles. The van der Waals surface area contributed by atoms with Crippen LogP contribution in [0.15, 0.2) is 60.7 Å². The Labute approximate surface area is 175 Å². The normalized spacial score (nSPS) is 37.7. The zero-order valence-electron chi connectivity index (χ0n) is 16.6. The quantitative estimate of drug-likeness (QED) is 0.792. The number of carbonyl (C=O) groups is 2. The standard InChI is InChI=1S/C25H25NO4/c27-24(14-7-3-1-4-8-14)29-22-20-18-16-11-12-17(13-16)19(18)21(26-20)23(22)30-25(28)15-9-5-2-6-10-15/h1-10,16-23,26H,11-13H2. The molecule has 2 saturated carbocycles. The average Bonchev–Trinajstić information content (AvgIpc) is 3.55. The summed E-state index contributed by atoms with van der Waals surface area (Å²) >= 11 is 0. The van der Waals surface area contributed by atoms with Crippen LogP contribution in [0, 0.1) is 23.7 Å². The van der Waals surface area contributed by atoms with Crippen LogP contribution in [0.25, 0.3) is 0 Å². The number of fused-ring (bicyclic) bond motifs is 9. The van der Waals surface area contributed by atoms with Crippen molar-refractivity contribution >= 4 is 11.9 Å². The molecule has 2 aliphatic carbocycles. The summed E-state index contributed by atoms with van der Waals surface area (Å²) in [6.07, 6.45) is 2.91. The fraction of sp³-hybridized carbons (Fsp3) is 0.440. The van der Waals surface area contributed by atoms with Crippen LogP contribution in [0.3, 0.4) is 0 Å². The Morgan fingerprint density at radius 2 is 1.13 bits per heavy atom. The van der Waals surface area contributed by atoms with Gasteiger partial charge in [0.1, 0.15) is 0 Å². The number of ether oxygens (including phenoxy) is 2. The van der Waals surface area contributed by atoms with Crippen LogP contribution < -0.4 is 5.32 Å². The molecule has 0 spiro atoms. The third-order valence-electron chi connectivity index (χ3n) is 7.80. The Hall–Kier alpha value is -2.66. The summed E-state index contributed by atoms with van der Waals surface area (Å²) < 4.78 is 12.0. The molecule has 4 aliphatic rings. The molecule has 2 aliphatic heterocycles. The first kappa shape index (κ1) is 18.1. The van der Waals surface area contributed by atoms with Gasteiger partial charge in [-0.25, -0.2) is 9.59 Å². The van der Waals surface area contributed by atoms with E-state index < -0.39 is 12.2 Å². The van der Waals surface area contributed by atoms with Crippen molar-refractivity contribution in [3.63, 3.8) is 0 Å². The summed E-state index contributed by atoms with van der Waals surface area (Å²) in [4.78, 5) is 25.7. The fourth-order valence-electron chi connectivity index (χ4n) is 6.74. The van der Waals surface area contributed by atoms with E-state index in [0.717, 1.165) is 0 Å². The number of hydrogen-bond acceptors (Lipinski definition) is 5. The van der Waals surface area contributed by atoms with Crippen LogP contribution >= 0.6 is 0 Å². The van der Waals surface area contributed by atoms with Gasteiger partial charge < -0.3 is 14.8 Å². The first-order chi connectivity index (χ1) is 14.7. The molecule has 0 radical (unpaired) electrons. The van der Waals surface area contributed by atoms with Crippen LogP contribution in [0.4, 0.5) is 0 Å². The van der Waals surface area contributed by atoms with E-state index in [1.165, 1.54) is 19.3 Å². The number of esters is 2. The van der Waals surface area contributed by atoms with Gasteiger partial charge in [0.15, 0.2) is 12.2 Å². The molecule has 5 heteroatoms. The summed E-state index contributed by atoms with van der Waals surface area (Å²) in [6, 6.07) is 18.2. The van der Waals surface area contributed by atoms with Crippen LogP contribution in [0.5, 0.6) is 0 Å². The molecule has 5 nitrogen and oxygen atoms in total. The highest BCUT2D eigenvalue weighted by atomic mass is 16.6. The SMILES string of the molecule is O=C(OC1C2NC(C1OC(=O)c1ccccc1)C1C3CCC(C3)C21)c1ccccc1. The Morgan fingerprint density at radius 1 is 0.700 bits per heavy atom. The Bertz CT molecular complexity index is 884. The molecular formula is C25H25NO4. The molecule has 4 fully saturated rings. The van der Waals surface area contributed by atoms with Gasteiger partial charge in [-0.15, -0.1) is 0 Å². The Morgan fingerprint density at radius 3 is 1.57 bits per heavy atom. The second-order valence-corrected chi connectivity index (χ2v) is 9.18. The second kappa shape index (κ2) is 6.95. The second-order valence-electron chi connectivity index (χ2n) is 9.18. The summed E-state index contributed by atoms with van der Waals surface area (Å²) in [6.45, 7) is 0. The molecule has 0 amide bonds. The number of rotatable bonds is 4. The van der Waals surface area contributed by atoms with E-state index in [4.69, 9.17) is 9.47 Å². The third-order valence-corrected chi connectivity index (χ3v) is 7.80. The van der Waals surface area contributed by atoms with Gasteiger partial charge in [0.25, 0.3) is 0 Å². The Balaban J connectivity index is 1.28. The van der Waals surface area contributed by atoms with Crippen molar-refractivity contribution in [3.05, 3.63) is 71.8 Å². The van der Waals surface area contributed by atoms with Crippen molar-refractivity contribution in [1.82, 2.24) is 5.32 Å². The lowest BCUT2D eigenvalue weighted by molar-refractivity contribution is -0.0635. The van der Waals surface area contributed by atoms with Crippen LogP contribution in [-0.4, -0.2) is 36.2 Å². The molecular weight excluding hydrogens is 378 g/mol. The van der Waals surface area contributed by atoms with Gasteiger partial charge in [-0.3, -0.25) is 0 Å². The molecule has 2 aromatic carbocycles. The minimum atomic E-state index is -0.448. The summed E-state index contributed by atoms with van der Waals surface area (Å²) in [5, 5.41) is 3.69. The van der Waals surface area contributed by atoms with Gasteiger partial charge in [-0.1, -0.05) is 36.4 Å². The number of benzene rings is 2. The maximum absolute atomic E-state index is 12.8. The predicted octanol–water partition coefficient (Wildman–Crippen LogP) is 3.45. The van der Waals surface area contributed by atoms with E-state index in [-0.39, 0.29) is 24.0 Å². The number of nitrogens with one attached hydrogen (secondary N) is 1. The third kappa shape index (κ3) is 2.72. The molecule has 154 valence electrons. The molecule has 4 bridgehead atoms. The van der Waals surface area contributed by atoms with Gasteiger partial charge >= 0.3 is 11.9 Å². The van der Waals surface area contributed by atoms with Gasteiger partial charge in [-0.05, 0) is 67.2 Å². The summed E-state index contributed by atoms with van der Waals surface area (Å²) in [5.74, 6) is 1.74. The first-order valence-electron chi connectivity index (χ1n) is 11.0. The van der Waals surface area contributed by atoms with E-state index in [1.807, 2.05) is 36.4 Å². The summed E-state index contributed by atoms with van der Waals surface area (Å²) in [7, 11) is 0. The van der Waals surface area contributed by atoms with Crippen LogP contribution in [0.2, 0.25) is 0 Å². The highest BCUT2D eigenvalue weighted by molar-refractivity contribution is 5.90. The van der Waals surface area contributed by atoms with Crippen molar-refractivity contribution in [3.8, 4) is 0 Å². The van der Waals surface area contributed by atoms with Gasteiger partial charge in [-0.2, -0.15) is 0 Å². The van der Waals surface area contributed by atoms with E-state index >= 15 is 0 Å². The van der Waals surface area contributed by atoms with Gasteiger partial charge in [0.05, 0.1) is 23.2 Å². The molecule has 2 aromatic rings. The minimum Gasteiger partial charge on any atom is -0.453 e. The maximum atomic E-state index is 12.8. The molecule has 8 atom stereocenters.